The minimum atomic E-state index is -4.44. The molecule has 80 valence electrons. The summed E-state index contributed by atoms with van der Waals surface area (Å²) in [6.07, 6.45) is -10.1. The predicted octanol–water partition coefficient (Wildman–Crippen LogP) is 2.43. The number of hydrogen-bond donors (Lipinski definition) is 0. The normalized spacial score (nSPS) is 13.8. The molecule has 7 heteroatoms. The molecule has 0 amide bonds. The molecule has 0 radical (unpaired) electrons. The second kappa shape index (κ2) is 4.17. The van der Waals surface area contributed by atoms with E-state index in [-0.39, 0.29) is 0 Å². The van der Waals surface area contributed by atoms with Crippen molar-refractivity contribution in [2.45, 2.75) is 18.8 Å². The maximum atomic E-state index is 11.6. The van der Waals surface area contributed by atoms with Gasteiger partial charge in [-0.2, -0.15) is 26.3 Å². The van der Waals surface area contributed by atoms with Gasteiger partial charge in [-0.1, -0.05) is 0 Å². The lowest BCUT2D eigenvalue weighted by Gasteiger charge is -2.18. The van der Waals surface area contributed by atoms with E-state index in [0.29, 0.717) is 4.90 Å². The van der Waals surface area contributed by atoms with Gasteiger partial charge in [-0.05, 0) is 7.05 Å². The van der Waals surface area contributed by atoms with Crippen LogP contribution < -0.4 is 0 Å². The van der Waals surface area contributed by atoms with E-state index in [4.69, 9.17) is 0 Å². The molecule has 0 fully saturated rings. The highest BCUT2D eigenvalue weighted by Crippen LogP contribution is 2.21. The lowest BCUT2D eigenvalue weighted by molar-refractivity contribution is -0.157. The van der Waals surface area contributed by atoms with Gasteiger partial charge < -0.3 is 0 Å². The predicted molar refractivity (Wildman–Crippen MR) is 34.2 cm³/mol. The first-order valence-electron chi connectivity index (χ1n) is 3.42. The van der Waals surface area contributed by atoms with Crippen molar-refractivity contribution in [3.05, 3.63) is 0 Å². The zero-order chi connectivity index (χ0) is 10.7. The van der Waals surface area contributed by atoms with Crippen LogP contribution in [0.3, 0.4) is 0 Å². The van der Waals surface area contributed by atoms with Crippen molar-refractivity contribution in [1.29, 1.82) is 0 Å². The van der Waals surface area contributed by atoms with Gasteiger partial charge in [0, 0.05) is 6.54 Å². The fourth-order valence-corrected chi connectivity index (χ4v) is 0.703. The van der Waals surface area contributed by atoms with Gasteiger partial charge in [0.15, 0.2) is 0 Å². The first-order chi connectivity index (χ1) is 5.60. The van der Waals surface area contributed by atoms with E-state index in [9.17, 15) is 26.3 Å². The van der Waals surface area contributed by atoms with Crippen LogP contribution in [0.25, 0.3) is 0 Å². The Kier molecular flexibility index (Phi) is 4.02. The fourth-order valence-electron chi connectivity index (χ4n) is 0.703. The highest BCUT2D eigenvalue weighted by molar-refractivity contribution is 4.61. The standard InChI is InChI=1S/C6H9F6N/c1-13(4-6(10,11)12)3-2-5(7,8)9/h2-4H2,1H3. The van der Waals surface area contributed by atoms with Gasteiger partial charge in [0.1, 0.15) is 0 Å². The topological polar surface area (TPSA) is 3.24 Å². The van der Waals surface area contributed by atoms with Crippen LogP contribution in [-0.2, 0) is 0 Å². The van der Waals surface area contributed by atoms with Crippen molar-refractivity contribution >= 4 is 0 Å². The van der Waals surface area contributed by atoms with E-state index in [0.717, 1.165) is 7.05 Å². The molecule has 0 aliphatic rings. The molecule has 1 nitrogen and oxygen atoms in total. The fraction of sp³-hybridized carbons (Fsp3) is 1.00. The minimum Gasteiger partial charge on any atom is -0.298 e. The molecule has 0 rings (SSSR count). The second-order valence-corrected chi connectivity index (χ2v) is 2.72. The summed E-state index contributed by atoms with van der Waals surface area (Å²) in [5, 5.41) is 0. The molecular weight excluding hydrogens is 200 g/mol. The molecule has 0 aromatic rings. The van der Waals surface area contributed by atoms with Crippen LogP contribution in [0.4, 0.5) is 26.3 Å². The van der Waals surface area contributed by atoms with Crippen LogP contribution in [0.5, 0.6) is 0 Å². The third-order valence-electron chi connectivity index (χ3n) is 1.23. The van der Waals surface area contributed by atoms with Crippen molar-refractivity contribution in [3.8, 4) is 0 Å². The van der Waals surface area contributed by atoms with Crippen molar-refractivity contribution in [2.24, 2.45) is 0 Å². The molecule has 0 saturated heterocycles. The smallest absolute Gasteiger partial charge is 0.298 e. The Balaban J connectivity index is 3.70. The van der Waals surface area contributed by atoms with Crippen LogP contribution in [0.15, 0.2) is 0 Å². The van der Waals surface area contributed by atoms with E-state index < -0.39 is 31.9 Å². The van der Waals surface area contributed by atoms with Crippen molar-refractivity contribution in [3.63, 3.8) is 0 Å². The van der Waals surface area contributed by atoms with Crippen LogP contribution in [0, 0.1) is 0 Å². The Hall–Kier alpha value is -0.460. The molecule has 0 heterocycles. The summed E-state index contributed by atoms with van der Waals surface area (Å²) < 4.78 is 69.4. The lowest BCUT2D eigenvalue weighted by Crippen LogP contribution is -2.33. The maximum Gasteiger partial charge on any atom is 0.401 e. The van der Waals surface area contributed by atoms with Crippen LogP contribution in [-0.4, -0.2) is 37.4 Å². The number of halogens is 6. The van der Waals surface area contributed by atoms with Crippen LogP contribution >= 0.6 is 0 Å². The average Bonchev–Trinajstić information content (AvgIpc) is 1.78. The molecule has 0 aliphatic carbocycles. The first-order valence-corrected chi connectivity index (χ1v) is 3.42. The van der Waals surface area contributed by atoms with E-state index in [1.165, 1.54) is 0 Å². The Morgan fingerprint density at radius 3 is 1.69 bits per heavy atom. The molecule has 0 aliphatic heterocycles. The van der Waals surface area contributed by atoms with Gasteiger partial charge in [0.2, 0.25) is 0 Å². The summed E-state index contributed by atoms with van der Waals surface area (Å²) >= 11 is 0. The molecule has 0 bridgehead atoms. The minimum absolute atomic E-state index is 0.591. The van der Waals surface area contributed by atoms with Gasteiger partial charge in [-0.25, -0.2) is 0 Å². The van der Waals surface area contributed by atoms with Crippen molar-refractivity contribution < 1.29 is 26.3 Å². The number of nitrogens with zero attached hydrogens (tertiary/aromatic N) is 1. The van der Waals surface area contributed by atoms with Gasteiger partial charge in [-0.15, -0.1) is 0 Å². The molecule has 0 saturated carbocycles. The third-order valence-corrected chi connectivity index (χ3v) is 1.23. The summed E-state index contributed by atoms with van der Waals surface area (Å²) in [4.78, 5) is 0.591. The highest BCUT2D eigenvalue weighted by atomic mass is 19.4. The molecule has 0 atom stereocenters. The molecule has 0 unspecified atom stereocenters. The number of hydrogen-bond acceptors (Lipinski definition) is 1. The second-order valence-electron chi connectivity index (χ2n) is 2.72. The monoisotopic (exact) mass is 209 g/mol. The van der Waals surface area contributed by atoms with E-state index in [1.54, 1.807) is 0 Å². The van der Waals surface area contributed by atoms with Gasteiger partial charge in [0.25, 0.3) is 0 Å². The summed E-state index contributed by atoms with van der Waals surface area (Å²) in [6.45, 7) is -1.95. The SMILES string of the molecule is CN(CCC(F)(F)F)CC(F)(F)F. The van der Waals surface area contributed by atoms with Gasteiger partial charge in [0.05, 0.1) is 13.0 Å². The summed E-state index contributed by atoms with van der Waals surface area (Å²) in [7, 11) is 0.999. The maximum absolute atomic E-state index is 11.6. The zero-order valence-electron chi connectivity index (χ0n) is 6.84. The molecule has 13 heavy (non-hydrogen) atoms. The Bertz CT molecular complexity index is 148. The highest BCUT2D eigenvalue weighted by Gasteiger charge is 2.32. The number of rotatable bonds is 3. The molecule has 0 spiro atoms. The van der Waals surface area contributed by atoms with Crippen molar-refractivity contribution in [2.75, 3.05) is 20.1 Å². The van der Waals surface area contributed by atoms with E-state index in [1.807, 2.05) is 0 Å². The largest absolute Gasteiger partial charge is 0.401 e. The molecule has 0 aromatic heterocycles. The summed E-state index contributed by atoms with van der Waals surface area (Å²) in [5.41, 5.74) is 0. The molecule has 0 aromatic carbocycles. The Morgan fingerprint density at radius 2 is 1.38 bits per heavy atom. The quantitative estimate of drug-likeness (QED) is 0.645. The summed E-state index contributed by atoms with van der Waals surface area (Å²) in [5.74, 6) is 0. The van der Waals surface area contributed by atoms with Gasteiger partial charge in [-0.3, -0.25) is 4.90 Å². The Labute approximate surface area is 71.3 Å². The average molecular weight is 209 g/mol. The summed E-state index contributed by atoms with van der Waals surface area (Å²) in [6, 6.07) is 0. The van der Waals surface area contributed by atoms with E-state index in [2.05, 4.69) is 0 Å². The first kappa shape index (κ1) is 12.5. The van der Waals surface area contributed by atoms with Crippen LogP contribution in [0.1, 0.15) is 6.42 Å². The third kappa shape index (κ3) is 9.45. The Morgan fingerprint density at radius 1 is 0.923 bits per heavy atom. The lowest BCUT2D eigenvalue weighted by atomic mass is 10.4. The zero-order valence-corrected chi connectivity index (χ0v) is 6.84. The van der Waals surface area contributed by atoms with Crippen LogP contribution in [0.2, 0.25) is 0 Å². The number of alkyl halides is 6. The van der Waals surface area contributed by atoms with E-state index >= 15 is 0 Å². The van der Waals surface area contributed by atoms with Gasteiger partial charge >= 0.3 is 12.4 Å². The van der Waals surface area contributed by atoms with Crippen molar-refractivity contribution in [1.82, 2.24) is 4.90 Å². The molecular formula is C6H9F6N. The molecule has 0 N–H and O–H groups in total.